The number of carboxylic acids is 1. The van der Waals surface area contributed by atoms with Crippen LogP contribution < -0.4 is 0 Å². The summed E-state index contributed by atoms with van der Waals surface area (Å²) < 4.78 is 0. The Balaban J connectivity index is 0.000000290. The van der Waals surface area contributed by atoms with E-state index in [1.807, 2.05) is 79.0 Å². The van der Waals surface area contributed by atoms with Crippen LogP contribution in [0.25, 0.3) is 39.1 Å². The fourth-order valence-corrected chi connectivity index (χ4v) is 3.50. The van der Waals surface area contributed by atoms with Gasteiger partial charge in [-0.05, 0) is 11.6 Å². The minimum Gasteiger partial charge on any atom is -0.650 e. The number of rotatable bonds is 4. The van der Waals surface area contributed by atoms with Gasteiger partial charge in [-0.3, -0.25) is 9.78 Å². The molecule has 0 saturated carbocycles. The average Bonchev–Trinajstić information content (AvgIpc) is 3.41. The predicted octanol–water partition coefficient (Wildman–Crippen LogP) is 5.88. The molecule has 0 bridgehead atoms. The molecule has 1 unspecified atom stereocenters. The SMILES string of the molecule is O=C(O)C1CCC[N-]1.[Ir].[c-]1ccccc1-c1ncc(-c2ccccc2)nc1-c1ccccc1. The molecular weight excluding hydrogens is 591 g/mol. The largest absolute Gasteiger partial charge is 0.650 e. The van der Waals surface area contributed by atoms with Crippen LogP contribution in [-0.4, -0.2) is 33.6 Å². The van der Waals surface area contributed by atoms with Gasteiger partial charge in [-0.2, -0.15) is 0 Å². The van der Waals surface area contributed by atoms with Crippen molar-refractivity contribution in [1.82, 2.24) is 9.97 Å². The molecule has 5 nitrogen and oxygen atoms in total. The third-order valence-corrected chi connectivity index (χ3v) is 5.12. The number of aromatic nitrogens is 2. The zero-order valence-corrected chi connectivity index (χ0v) is 20.3. The van der Waals surface area contributed by atoms with Crippen LogP contribution in [0.3, 0.4) is 0 Å². The van der Waals surface area contributed by atoms with Crippen molar-refractivity contribution in [2.24, 2.45) is 0 Å². The molecule has 1 aliphatic rings. The van der Waals surface area contributed by atoms with Crippen LogP contribution in [0.15, 0.2) is 91.1 Å². The van der Waals surface area contributed by atoms with Crippen molar-refractivity contribution < 1.29 is 30.0 Å². The van der Waals surface area contributed by atoms with Crippen LogP contribution >= 0.6 is 0 Å². The maximum absolute atomic E-state index is 10.1. The van der Waals surface area contributed by atoms with Gasteiger partial charge in [0.05, 0.1) is 11.4 Å². The van der Waals surface area contributed by atoms with Crippen molar-refractivity contribution >= 4 is 5.97 Å². The van der Waals surface area contributed by atoms with Gasteiger partial charge in [0, 0.05) is 37.6 Å². The molecule has 1 aromatic heterocycles. The van der Waals surface area contributed by atoms with Gasteiger partial charge in [-0.1, -0.05) is 73.5 Å². The fourth-order valence-electron chi connectivity index (χ4n) is 3.50. The van der Waals surface area contributed by atoms with E-state index in [0.717, 1.165) is 53.2 Å². The smallest absolute Gasteiger partial charge is 0.285 e. The summed E-state index contributed by atoms with van der Waals surface area (Å²) in [6, 6.07) is 31.0. The Labute approximate surface area is 207 Å². The summed E-state index contributed by atoms with van der Waals surface area (Å²) in [4.78, 5) is 19.7. The van der Waals surface area contributed by atoms with Crippen LogP contribution in [0.1, 0.15) is 12.8 Å². The van der Waals surface area contributed by atoms with Crippen LogP contribution in [0.4, 0.5) is 0 Å². The van der Waals surface area contributed by atoms with Crippen LogP contribution in [0.5, 0.6) is 0 Å². The predicted molar refractivity (Wildman–Crippen MR) is 126 cm³/mol. The van der Waals surface area contributed by atoms with E-state index >= 15 is 0 Å². The minimum atomic E-state index is -0.775. The number of carboxylic acid groups (broad SMARTS) is 1. The van der Waals surface area contributed by atoms with Crippen molar-refractivity contribution in [2.45, 2.75) is 18.9 Å². The molecule has 1 aliphatic heterocycles. The maximum atomic E-state index is 10.1. The first-order chi connectivity index (χ1) is 15.7. The molecule has 33 heavy (non-hydrogen) atoms. The van der Waals surface area contributed by atoms with Gasteiger partial charge in [0.15, 0.2) is 0 Å². The summed E-state index contributed by atoms with van der Waals surface area (Å²) in [7, 11) is 0. The van der Waals surface area contributed by atoms with Gasteiger partial charge >= 0.3 is 0 Å². The molecular formula is C27H23IrN3O2-2. The quantitative estimate of drug-likeness (QED) is 0.292. The third-order valence-electron chi connectivity index (χ3n) is 5.12. The zero-order chi connectivity index (χ0) is 22.2. The van der Waals surface area contributed by atoms with E-state index in [9.17, 15) is 4.79 Å². The van der Waals surface area contributed by atoms with E-state index in [-0.39, 0.29) is 20.1 Å². The van der Waals surface area contributed by atoms with Crippen LogP contribution in [0.2, 0.25) is 0 Å². The molecule has 0 amide bonds. The van der Waals surface area contributed by atoms with Gasteiger partial charge in [0.25, 0.3) is 5.97 Å². The molecule has 2 heterocycles. The second kappa shape index (κ2) is 12.2. The Morgan fingerprint density at radius 1 is 0.909 bits per heavy atom. The number of benzene rings is 3. The first kappa shape index (κ1) is 24.5. The Morgan fingerprint density at radius 2 is 1.58 bits per heavy atom. The Bertz CT molecular complexity index is 1150. The van der Waals surface area contributed by atoms with Gasteiger partial charge in [-0.15, -0.1) is 42.4 Å². The molecule has 6 heteroatoms. The molecule has 1 atom stereocenters. The summed E-state index contributed by atoms with van der Waals surface area (Å²) in [6.07, 6.45) is 3.50. The van der Waals surface area contributed by atoms with Crippen molar-refractivity contribution in [3.63, 3.8) is 0 Å². The van der Waals surface area contributed by atoms with Crippen LogP contribution in [0, 0.1) is 6.07 Å². The van der Waals surface area contributed by atoms with Crippen molar-refractivity contribution in [3.05, 3.63) is 103 Å². The molecule has 1 fully saturated rings. The fraction of sp³-hybridized carbons (Fsp3) is 0.148. The Kier molecular flexibility index (Phi) is 9.02. The van der Waals surface area contributed by atoms with E-state index < -0.39 is 12.0 Å². The van der Waals surface area contributed by atoms with Gasteiger partial charge < -0.3 is 15.4 Å². The van der Waals surface area contributed by atoms with Gasteiger partial charge in [-0.25, -0.2) is 0 Å². The van der Waals surface area contributed by atoms with E-state index in [1.54, 1.807) is 0 Å². The van der Waals surface area contributed by atoms with Crippen molar-refractivity contribution in [2.75, 3.05) is 6.54 Å². The summed E-state index contributed by atoms with van der Waals surface area (Å²) in [5, 5.41) is 12.2. The van der Waals surface area contributed by atoms with E-state index in [2.05, 4.69) is 23.5 Å². The molecule has 1 saturated heterocycles. The normalized spacial score (nSPS) is 14.5. The average molecular weight is 614 g/mol. The summed E-state index contributed by atoms with van der Waals surface area (Å²) in [6.45, 7) is 0.733. The number of carbonyl (C=O) groups is 1. The second-order valence-corrected chi connectivity index (χ2v) is 7.36. The number of hydrogen-bond acceptors (Lipinski definition) is 3. The molecule has 1 N–H and O–H groups in total. The molecule has 3 aromatic carbocycles. The molecule has 5 rings (SSSR count). The maximum Gasteiger partial charge on any atom is 0.285 e. The number of hydrogen-bond donors (Lipinski definition) is 1. The zero-order valence-electron chi connectivity index (χ0n) is 17.9. The van der Waals surface area contributed by atoms with Gasteiger partial charge in [0.2, 0.25) is 0 Å². The molecule has 0 spiro atoms. The third kappa shape index (κ3) is 6.42. The van der Waals surface area contributed by atoms with Gasteiger partial charge in [0.1, 0.15) is 0 Å². The number of nitrogens with zero attached hydrogens (tertiary/aromatic N) is 3. The molecule has 4 aromatic rings. The molecule has 0 aliphatic carbocycles. The minimum absolute atomic E-state index is 0. The number of aliphatic carboxylic acids is 1. The summed E-state index contributed by atoms with van der Waals surface area (Å²) in [5.74, 6) is -0.775. The molecule has 1 radical (unpaired) electrons. The standard InChI is InChI=1S/C22H15N2.C5H8NO2.Ir/c1-4-10-17(11-5-1)20-16-23-21(18-12-6-2-7-13-18)22(24-20)19-14-8-3-9-15-19;7-5(8)4-2-1-3-6-4;/h1-12,14-16H;4H,1-3H2,(H,7,8);/q2*-1;. The second-order valence-electron chi connectivity index (χ2n) is 7.36. The summed E-state index contributed by atoms with van der Waals surface area (Å²) in [5.41, 5.74) is 5.65. The topological polar surface area (TPSA) is 77.2 Å². The first-order valence-electron chi connectivity index (χ1n) is 10.6. The van der Waals surface area contributed by atoms with Crippen molar-refractivity contribution in [1.29, 1.82) is 0 Å². The summed E-state index contributed by atoms with van der Waals surface area (Å²) >= 11 is 0. The first-order valence-corrected chi connectivity index (χ1v) is 10.6. The monoisotopic (exact) mass is 614 g/mol. The Morgan fingerprint density at radius 3 is 2.12 bits per heavy atom. The van der Waals surface area contributed by atoms with E-state index in [4.69, 9.17) is 15.1 Å². The van der Waals surface area contributed by atoms with E-state index in [1.165, 1.54) is 0 Å². The van der Waals surface area contributed by atoms with E-state index in [0.29, 0.717) is 0 Å². The molecule has 169 valence electrons. The van der Waals surface area contributed by atoms with Crippen LogP contribution in [-0.2, 0) is 24.9 Å². The Hall–Kier alpha value is -3.18. The van der Waals surface area contributed by atoms with Crippen molar-refractivity contribution in [3.8, 4) is 33.8 Å².